The number of thioether (sulfide) groups is 1. The summed E-state index contributed by atoms with van der Waals surface area (Å²) in [5.41, 5.74) is 0.0822. The highest BCUT2D eigenvalue weighted by atomic mass is 32.2. The molecule has 0 saturated heterocycles. The van der Waals surface area contributed by atoms with Crippen LogP contribution in [0.4, 0.5) is 10.8 Å². The number of hydrogen-bond acceptors (Lipinski definition) is 8. The minimum absolute atomic E-state index is 0.136. The Morgan fingerprint density at radius 3 is 2.79 bits per heavy atom. The van der Waals surface area contributed by atoms with E-state index in [0.29, 0.717) is 15.2 Å². The third-order valence-electron chi connectivity index (χ3n) is 4.69. The van der Waals surface area contributed by atoms with Crippen LogP contribution in [0.15, 0.2) is 28.6 Å². The van der Waals surface area contributed by atoms with Gasteiger partial charge in [0.05, 0.1) is 24.1 Å². The number of ether oxygens (including phenoxy) is 1. The number of nitriles is 1. The van der Waals surface area contributed by atoms with Gasteiger partial charge in [0.2, 0.25) is 11.0 Å². The predicted octanol–water partition coefficient (Wildman–Crippen LogP) is 4.11. The van der Waals surface area contributed by atoms with E-state index in [1.807, 2.05) is 31.2 Å². The molecular weight excluding hydrogens is 394 g/mol. The highest BCUT2D eigenvalue weighted by Gasteiger charge is 2.35. The fourth-order valence-electron chi connectivity index (χ4n) is 3.13. The van der Waals surface area contributed by atoms with Gasteiger partial charge in [-0.1, -0.05) is 54.5 Å². The van der Waals surface area contributed by atoms with Gasteiger partial charge in [-0.2, -0.15) is 5.26 Å². The number of amides is 1. The Morgan fingerprint density at radius 1 is 1.32 bits per heavy atom. The van der Waals surface area contributed by atoms with Crippen molar-refractivity contribution < 1.29 is 9.53 Å². The van der Waals surface area contributed by atoms with Crippen molar-refractivity contribution in [1.29, 1.82) is 5.26 Å². The summed E-state index contributed by atoms with van der Waals surface area (Å²) in [6, 6.07) is 9.88. The maximum Gasteiger partial charge on any atom is 0.234 e. The van der Waals surface area contributed by atoms with Gasteiger partial charge in [0, 0.05) is 0 Å². The molecule has 148 valence electrons. The fraction of sp³-hybridized carbons (Fsp3) is 0.474. The van der Waals surface area contributed by atoms with E-state index in [1.54, 1.807) is 7.11 Å². The highest BCUT2D eigenvalue weighted by molar-refractivity contribution is 8.02. The number of anilines is 2. The van der Waals surface area contributed by atoms with E-state index in [-0.39, 0.29) is 11.2 Å². The molecule has 0 bridgehead atoms. The molecule has 1 unspecified atom stereocenters. The molecular formula is C19H23N5O2S2. The van der Waals surface area contributed by atoms with Crippen LogP contribution < -0.4 is 15.4 Å². The topological polar surface area (TPSA) is 99.9 Å². The van der Waals surface area contributed by atoms with E-state index in [4.69, 9.17) is 4.74 Å². The molecule has 1 atom stereocenters. The lowest BCUT2D eigenvalue weighted by Gasteiger charge is -2.32. The summed E-state index contributed by atoms with van der Waals surface area (Å²) in [5.74, 6) is 0.580. The minimum Gasteiger partial charge on any atom is -0.495 e. The summed E-state index contributed by atoms with van der Waals surface area (Å²) in [7, 11) is 1.61. The molecule has 1 saturated carbocycles. The molecule has 1 fully saturated rings. The number of carbonyl (C=O) groups is 1. The summed E-state index contributed by atoms with van der Waals surface area (Å²) in [5, 5.41) is 24.3. The van der Waals surface area contributed by atoms with Crippen molar-refractivity contribution in [3.8, 4) is 11.8 Å². The van der Waals surface area contributed by atoms with Crippen molar-refractivity contribution in [2.45, 2.75) is 54.2 Å². The average molecular weight is 418 g/mol. The van der Waals surface area contributed by atoms with Crippen molar-refractivity contribution in [3.63, 3.8) is 0 Å². The standard InChI is InChI=1S/C19H23N5O2S2/c1-13(16(25)22-19(12-20)10-6-3-7-11-19)27-18-24-23-17(28-18)21-14-8-4-5-9-15(14)26-2/h4-5,8-9,13H,3,6-7,10-11H2,1-2H3,(H,21,23)(H,22,25). The van der Waals surface area contributed by atoms with Crippen LogP contribution in [0, 0.1) is 11.3 Å². The van der Waals surface area contributed by atoms with Gasteiger partial charge in [0.25, 0.3) is 0 Å². The zero-order valence-corrected chi connectivity index (χ0v) is 17.5. The third-order valence-corrected chi connectivity index (χ3v) is 6.71. The number of carbonyl (C=O) groups excluding carboxylic acids is 1. The van der Waals surface area contributed by atoms with Gasteiger partial charge in [-0.25, -0.2) is 0 Å². The molecule has 3 rings (SSSR count). The van der Waals surface area contributed by atoms with E-state index in [9.17, 15) is 10.1 Å². The second-order valence-electron chi connectivity index (χ2n) is 6.70. The lowest BCUT2D eigenvalue weighted by Crippen LogP contribution is -2.50. The lowest BCUT2D eigenvalue weighted by atomic mass is 9.83. The quantitative estimate of drug-likeness (QED) is 0.654. The van der Waals surface area contributed by atoms with Gasteiger partial charge in [-0.3, -0.25) is 4.79 Å². The summed E-state index contributed by atoms with van der Waals surface area (Å²) in [4.78, 5) is 12.6. The summed E-state index contributed by atoms with van der Waals surface area (Å²) >= 11 is 2.72. The molecule has 1 aliphatic carbocycles. The van der Waals surface area contributed by atoms with Crippen molar-refractivity contribution in [1.82, 2.24) is 15.5 Å². The van der Waals surface area contributed by atoms with E-state index in [0.717, 1.165) is 37.8 Å². The van der Waals surface area contributed by atoms with Crippen molar-refractivity contribution in [2.75, 3.05) is 12.4 Å². The molecule has 28 heavy (non-hydrogen) atoms. The second-order valence-corrected chi connectivity index (χ2v) is 9.27. The van der Waals surface area contributed by atoms with Crippen LogP contribution in [0.25, 0.3) is 0 Å². The van der Waals surface area contributed by atoms with Crippen LogP contribution in [0.1, 0.15) is 39.0 Å². The zero-order valence-electron chi connectivity index (χ0n) is 15.9. The first-order valence-electron chi connectivity index (χ1n) is 9.19. The number of nitrogens with zero attached hydrogens (tertiary/aromatic N) is 3. The number of aromatic nitrogens is 2. The van der Waals surface area contributed by atoms with Crippen molar-refractivity contribution in [3.05, 3.63) is 24.3 Å². The molecule has 1 aliphatic rings. The molecule has 0 aliphatic heterocycles. The van der Waals surface area contributed by atoms with Gasteiger partial charge >= 0.3 is 0 Å². The number of nitrogens with one attached hydrogen (secondary N) is 2. The van der Waals surface area contributed by atoms with Gasteiger partial charge in [-0.15, -0.1) is 10.2 Å². The maximum atomic E-state index is 12.6. The number of rotatable bonds is 7. The number of hydrogen-bond donors (Lipinski definition) is 2. The van der Waals surface area contributed by atoms with E-state index < -0.39 is 5.54 Å². The van der Waals surface area contributed by atoms with Crippen LogP contribution >= 0.6 is 23.1 Å². The SMILES string of the molecule is COc1ccccc1Nc1nnc(SC(C)C(=O)NC2(C#N)CCCCC2)s1. The molecule has 1 amide bonds. The van der Waals surface area contributed by atoms with Crippen LogP contribution in [-0.2, 0) is 4.79 Å². The Bertz CT molecular complexity index is 858. The van der Waals surface area contributed by atoms with Crippen LogP contribution in [-0.4, -0.2) is 34.0 Å². The molecule has 1 heterocycles. The van der Waals surface area contributed by atoms with Gasteiger partial charge in [0.1, 0.15) is 11.3 Å². The van der Waals surface area contributed by atoms with Gasteiger partial charge < -0.3 is 15.4 Å². The Balaban J connectivity index is 1.59. The Kier molecular flexibility index (Phi) is 6.75. The highest BCUT2D eigenvalue weighted by Crippen LogP contribution is 2.34. The van der Waals surface area contributed by atoms with Crippen molar-refractivity contribution in [2.24, 2.45) is 0 Å². The van der Waals surface area contributed by atoms with Crippen LogP contribution in [0.2, 0.25) is 0 Å². The van der Waals surface area contributed by atoms with Gasteiger partial charge in [0.15, 0.2) is 4.34 Å². The predicted molar refractivity (Wildman–Crippen MR) is 111 cm³/mol. The van der Waals surface area contributed by atoms with Crippen LogP contribution in [0.5, 0.6) is 5.75 Å². The normalized spacial score (nSPS) is 16.6. The number of methoxy groups -OCH3 is 1. The van der Waals surface area contributed by atoms with Gasteiger partial charge in [-0.05, 0) is 31.9 Å². The Morgan fingerprint density at radius 2 is 2.07 bits per heavy atom. The van der Waals surface area contributed by atoms with E-state index in [1.165, 1.54) is 23.1 Å². The fourth-order valence-corrected chi connectivity index (χ4v) is 5.04. The summed E-state index contributed by atoms with van der Waals surface area (Å²) in [6.45, 7) is 1.82. The molecule has 2 aromatic rings. The third kappa shape index (κ3) is 4.94. The van der Waals surface area contributed by atoms with E-state index in [2.05, 4.69) is 26.9 Å². The first-order valence-corrected chi connectivity index (χ1v) is 10.9. The first-order chi connectivity index (χ1) is 13.5. The zero-order chi connectivity index (χ0) is 20.0. The molecule has 0 radical (unpaired) electrons. The number of para-hydroxylation sites is 2. The van der Waals surface area contributed by atoms with Crippen LogP contribution in [0.3, 0.4) is 0 Å². The monoisotopic (exact) mass is 417 g/mol. The maximum absolute atomic E-state index is 12.6. The Labute approximate surface area is 172 Å². The second kappa shape index (κ2) is 9.26. The first kappa shape index (κ1) is 20.4. The largest absolute Gasteiger partial charge is 0.495 e. The smallest absolute Gasteiger partial charge is 0.234 e. The molecule has 9 heteroatoms. The average Bonchev–Trinajstić information content (AvgIpc) is 3.15. The molecule has 2 N–H and O–H groups in total. The Hall–Kier alpha value is -2.31. The molecule has 1 aromatic heterocycles. The van der Waals surface area contributed by atoms with Crippen molar-refractivity contribution >= 4 is 39.8 Å². The summed E-state index contributed by atoms with van der Waals surface area (Å²) in [6.07, 6.45) is 4.51. The molecule has 7 nitrogen and oxygen atoms in total. The lowest BCUT2D eigenvalue weighted by molar-refractivity contribution is -0.121. The summed E-state index contributed by atoms with van der Waals surface area (Å²) < 4.78 is 6.01. The minimum atomic E-state index is -0.720. The van der Waals surface area contributed by atoms with E-state index >= 15 is 0 Å². The number of benzene rings is 1. The molecule has 0 spiro atoms. The molecule has 1 aromatic carbocycles.